The van der Waals surface area contributed by atoms with Crippen LogP contribution in [-0.4, -0.2) is 38.7 Å². The van der Waals surface area contributed by atoms with Crippen LogP contribution >= 0.6 is 0 Å². The predicted octanol–water partition coefficient (Wildman–Crippen LogP) is 0.973. The molecule has 0 spiro atoms. The fourth-order valence-corrected chi connectivity index (χ4v) is 3.89. The van der Waals surface area contributed by atoms with Gasteiger partial charge < -0.3 is 9.88 Å². The molecule has 136 valence electrons. The second-order valence-corrected chi connectivity index (χ2v) is 7.17. The van der Waals surface area contributed by atoms with Crippen LogP contribution in [-0.2, 0) is 19.4 Å². The van der Waals surface area contributed by atoms with Gasteiger partial charge in [-0.3, -0.25) is 14.4 Å². The first-order valence-electron chi connectivity index (χ1n) is 9.18. The Labute approximate surface area is 150 Å². The fraction of sp³-hybridized carbons (Fsp3) is 0.474. The molecule has 1 aliphatic heterocycles. The van der Waals surface area contributed by atoms with E-state index in [0.29, 0.717) is 31.1 Å². The average molecular weight is 354 g/mol. The summed E-state index contributed by atoms with van der Waals surface area (Å²) in [5.41, 5.74) is 2.29. The maximum Gasteiger partial charge on any atom is 0.267 e. The number of hydrogen-bond donors (Lipinski definition) is 1. The van der Waals surface area contributed by atoms with Gasteiger partial charge in [0, 0.05) is 43.5 Å². The Balaban J connectivity index is 1.39. The lowest BCUT2D eigenvalue weighted by Gasteiger charge is -2.32. The topological polar surface area (TPSA) is 88.1 Å². The summed E-state index contributed by atoms with van der Waals surface area (Å²) in [6.45, 7) is 1.88. The molecule has 1 N–H and O–H groups in total. The van der Waals surface area contributed by atoms with Gasteiger partial charge in [0.15, 0.2) is 0 Å². The molecular weight excluding hydrogens is 332 g/mol. The minimum absolute atomic E-state index is 0.0207. The molecule has 7 heteroatoms. The van der Waals surface area contributed by atoms with Crippen molar-refractivity contribution in [3.63, 3.8) is 0 Å². The molecule has 0 unspecified atom stereocenters. The van der Waals surface area contributed by atoms with E-state index in [4.69, 9.17) is 0 Å². The minimum atomic E-state index is -0.271. The number of aromatic nitrogens is 3. The summed E-state index contributed by atoms with van der Waals surface area (Å²) in [5, 5.41) is 4.54. The quantitative estimate of drug-likeness (QED) is 0.890. The van der Waals surface area contributed by atoms with Crippen LogP contribution in [0.4, 0.5) is 0 Å². The van der Waals surface area contributed by atoms with E-state index in [1.807, 2.05) is 0 Å². The average Bonchev–Trinajstić information content (AvgIpc) is 3.09. The number of carbonyl (C=O) groups is 1. The van der Waals surface area contributed by atoms with Crippen LogP contribution in [0.15, 0.2) is 34.0 Å². The van der Waals surface area contributed by atoms with Gasteiger partial charge in [-0.15, -0.1) is 0 Å². The van der Waals surface area contributed by atoms with E-state index in [0.717, 1.165) is 43.4 Å². The molecule has 0 aromatic carbocycles. The zero-order valence-electron chi connectivity index (χ0n) is 14.6. The third kappa shape index (κ3) is 3.34. The van der Waals surface area contributed by atoms with Crippen molar-refractivity contribution in [3.05, 3.63) is 61.9 Å². The summed E-state index contributed by atoms with van der Waals surface area (Å²) in [4.78, 5) is 40.4. The maximum atomic E-state index is 12.5. The van der Waals surface area contributed by atoms with Crippen molar-refractivity contribution in [2.45, 2.75) is 38.6 Å². The van der Waals surface area contributed by atoms with Gasteiger partial charge in [-0.05, 0) is 49.7 Å². The van der Waals surface area contributed by atoms with Crippen molar-refractivity contribution in [1.29, 1.82) is 0 Å². The molecule has 26 heavy (non-hydrogen) atoms. The van der Waals surface area contributed by atoms with Gasteiger partial charge >= 0.3 is 0 Å². The molecule has 1 saturated heterocycles. The van der Waals surface area contributed by atoms with Gasteiger partial charge in [-0.1, -0.05) is 0 Å². The number of aromatic amines is 1. The van der Waals surface area contributed by atoms with Crippen LogP contribution in [0, 0.1) is 5.92 Å². The van der Waals surface area contributed by atoms with E-state index in [1.54, 1.807) is 21.7 Å². The highest BCUT2D eigenvalue weighted by Crippen LogP contribution is 2.21. The van der Waals surface area contributed by atoms with Crippen LogP contribution in [0.1, 0.15) is 40.9 Å². The number of aryl methyl sites for hydroxylation is 2. The number of fused-ring (bicyclic) bond motifs is 1. The largest absolute Gasteiger partial charge is 0.339 e. The summed E-state index contributed by atoms with van der Waals surface area (Å²) in [6, 6.07) is 4.70. The number of rotatable bonds is 3. The molecule has 2 aromatic heterocycles. The van der Waals surface area contributed by atoms with Crippen LogP contribution in [0.2, 0.25) is 0 Å². The molecule has 3 heterocycles. The zero-order chi connectivity index (χ0) is 18.1. The maximum absolute atomic E-state index is 12.5. The summed E-state index contributed by atoms with van der Waals surface area (Å²) >= 11 is 0. The number of nitrogens with one attached hydrogen (secondary N) is 1. The summed E-state index contributed by atoms with van der Waals surface area (Å²) in [7, 11) is 0. The van der Waals surface area contributed by atoms with E-state index in [2.05, 4.69) is 10.1 Å². The lowest BCUT2D eigenvalue weighted by Crippen LogP contribution is -2.40. The van der Waals surface area contributed by atoms with Crippen LogP contribution in [0.5, 0.6) is 0 Å². The lowest BCUT2D eigenvalue weighted by molar-refractivity contribution is 0.0680. The molecular formula is C19H22N4O3. The highest BCUT2D eigenvalue weighted by molar-refractivity contribution is 5.94. The van der Waals surface area contributed by atoms with Crippen molar-refractivity contribution >= 4 is 5.91 Å². The second-order valence-electron chi connectivity index (χ2n) is 7.17. The van der Waals surface area contributed by atoms with Crippen molar-refractivity contribution < 1.29 is 4.79 Å². The number of pyridine rings is 1. The van der Waals surface area contributed by atoms with Crippen LogP contribution in [0.25, 0.3) is 0 Å². The highest BCUT2D eigenvalue weighted by atomic mass is 16.2. The van der Waals surface area contributed by atoms with Gasteiger partial charge in [0.1, 0.15) is 0 Å². The third-order valence-corrected chi connectivity index (χ3v) is 5.38. The third-order valence-electron chi connectivity index (χ3n) is 5.38. The van der Waals surface area contributed by atoms with E-state index >= 15 is 0 Å². The zero-order valence-corrected chi connectivity index (χ0v) is 14.6. The van der Waals surface area contributed by atoms with Gasteiger partial charge in [-0.25, -0.2) is 4.68 Å². The van der Waals surface area contributed by atoms with E-state index in [-0.39, 0.29) is 17.0 Å². The fourth-order valence-electron chi connectivity index (χ4n) is 3.89. The smallest absolute Gasteiger partial charge is 0.267 e. The normalized spacial score (nSPS) is 17.3. The summed E-state index contributed by atoms with van der Waals surface area (Å²) in [5.74, 6) is 0.227. The Bertz CT molecular complexity index is 938. The Morgan fingerprint density at radius 2 is 2.00 bits per heavy atom. The molecule has 0 radical (unpaired) electrons. The molecule has 4 rings (SSSR count). The summed E-state index contributed by atoms with van der Waals surface area (Å²) < 4.78 is 1.60. The van der Waals surface area contributed by atoms with Crippen molar-refractivity contribution in [2.75, 3.05) is 13.1 Å². The molecule has 2 aliphatic rings. The number of amides is 1. The lowest BCUT2D eigenvalue weighted by atomic mass is 9.96. The first-order chi connectivity index (χ1) is 12.6. The monoisotopic (exact) mass is 354 g/mol. The van der Waals surface area contributed by atoms with Crippen molar-refractivity contribution in [1.82, 2.24) is 19.7 Å². The number of nitrogens with zero attached hydrogens (tertiary/aromatic N) is 3. The Morgan fingerprint density at radius 1 is 1.19 bits per heavy atom. The number of likely N-dealkylation sites (tertiary alicyclic amines) is 1. The Morgan fingerprint density at radius 3 is 2.77 bits per heavy atom. The number of piperidine rings is 1. The first kappa shape index (κ1) is 16.8. The number of hydrogen-bond acceptors (Lipinski definition) is 4. The number of carbonyl (C=O) groups excluding carboxylic acids is 1. The molecule has 0 atom stereocenters. The van der Waals surface area contributed by atoms with Crippen LogP contribution in [0.3, 0.4) is 0 Å². The van der Waals surface area contributed by atoms with Crippen molar-refractivity contribution in [2.24, 2.45) is 5.92 Å². The predicted molar refractivity (Wildman–Crippen MR) is 96.2 cm³/mol. The van der Waals surface area contributed by atoms with Crippen LogP contribution < -0.4 is 11.1 Å². The Kier molecular flexibility index (Phi) is 4.44. The molecule has 0 saturated carbocycles. The SMILES string of the molecule is O=C(c1cc[nH]c(=O)c1)N1CCC(Cn2nc3c(cc2=O)CCC3)CC1. The Hall–Kier alpha value is -2.70. The van der Waals surface area contributed by atoms with E-state index in [1.165, 1.54) is 12.3 Å². The van der Waals surface area contributed by atoms with E-state index in [9.17, 15) is 14.4 Å². The molecule has 1 aliphatic carbocycles. The minimum Gasteiger partial charge on any atom is -0.339 e. The number of H-pyrrole nitrogens is 1. The second kappa shape index (κ2) is 6.90. The molecule has 0 bridgehead atoms. The van der Waals surface area contributed by atoms with Crippen molar-refractivity contribution in [3.8, 4) is 0 Å². The summed E-state index contributed by atoms with van der Waals surface area (Å²) in [6.07, 6.45) is 6.16. The molecule has 1 fully saturated rings. The standard InChI is InChI=1S/C19H22N4O3/c24-17-10-15(4-7-20-17)19(26)22-8-5-13(6-9-22)12-23-18(25)11-14-2-1-3-16(14)21-23/h4,7,10-11,13H,1-3,5-6,8-9,12H2,(H,20,24). The van der Waals surface area contributed by atoms with E-state index < -0.39 is 0 Å². The van der Waals surface area contributed by atoms with Gasteiger partial charge in [-0.2, -0.15) is 5.10 Å². The van der Waals surface area contributed by atoms with Gasteiger partial charge in [0.2, 0.25) is 5.56 Å². The van der Waals surface area contributed by atoms with Gasteiger partial charge in [0.25, 0.3) is 11.5 Å². The molecule has 1 amide bonds. The first-order valence-corrected chi connectivity index (χ1v) is 9.18. The molecule has 2 aromatic rings. The highest BCUT2D eigenvalue weighted by Gasteiger charge is 2.25. The van der Waals surface area contributed by atoms with Gasteiger partial charge in [0.05, 0.1) is 5.69 Å². The molecule has 7 nitrogen and oxygen atoms in total.